The van der Waals surface area contributed by atoms with Crippen LogP contribution in [0.1, 0.15) is 31.9 Å². The van der Waals surface area contributed by atoms with E-state index in [2.05, 4.69) is 0 Å². The lowest BCUT2D eigenvalue weighted by atomic mass is 10.1. The first kappa shape index (κ1) is 16.1. The topological polar surface area (TPSA) is 63.4 Å². The van der Waals surface area contributed by atoms with E-state index in [1.807, 2.05) is 40.7 Å². The summed E-state index contributed by atoms with van der Waals surface area (Å²) in [6.45, 7) is 10.1. The molecule has 1 aromatic rings. The molecule has 0 saturated carbocycles. The van der Waals surface area contributed by atoms with Crippen LogP contribution in [0.25, 0.3) is 0 Å². The van der Waals surface area contributed by atoms with Crippen LogP contribution in [-0.2, 0) is 10.0 Å². The molecule has 108 valence electrons. The van der Waals surface area contributed by atoms with E-state index in [1.165, 1.54) is 4.31 Å². The molecule has 0 atom stereocenters. The Morgan fingerprint density at radius 1 is 1.21 bits per heavy atom. The van der Waals surface area contributed by atoms with E-state index in [1.54, 1.807) is 12.1 Å². The van der Waals surface area contributed by atoms with Gasteiger partial charge in [-0.2, -0.15) is 4.31 Å². The normalized spacial score (nSPS) is 13.0. The maximum Gasteiger partial charge on any atom is 0.243 e. The SMILES string of the molecule is CCN(C(C)(C)CN)S(=O)(=O)c1ccc(C)c(C)c1. The third kappa shape index (κ3) is 3.16. The van der Waals surface area contributed by atoms with Gasteiger partial charge in [0, 0.05) is 18.6 Å². The van der Waals surface area contributed by atoms with Crippen LogP contribution in [-0.4, -0.2) is 31.4 Å². The molecule has 0 spiro atoms. The van der Waals surface area contributed by atoms with Crippen LogP contribution in [0.3, 0.4) is 0 Å². The van der Waals surface area contributed by atoms with Gasteiger partial charge in [0.1, 0.15) is 0 Å². The highest BCUT2D eigenvalue weighted by atomic mass is 32.2. The second-order valence-corrected chi connectivity index (χ2v) is 7.29. The van der Waals surface area contributed by atoms with Crippen LogP contribution in [0, 0.1) is 13.8 Å². The van der Waals surface area contributed by atoms with Gasteiger partial charge >= 0.3 is 0 Å². The summed E-state index contributed by atoms with van der Waals surface area (Å²) in [6, 6.07) is 5.22. The molecule has 0 saturated heterocycles. The van der Waals surface area contributed by atoms with E-state index in [4.69, 9.17) is 5.73 Å². The molecule has 0 heterocycles. The second-order valence-electron chi connectivity index (χ2n) is 5.43. The number of sulfonamides is 1. The van der Waals surface area contributed by atoms with E-state index >= 15 is 0 Å². The van der Waals surface area contributed by atoms with Crippen LogP contribution < -0.4 is 5.73 Å². The molecule has 1 aromatic carbocycles. The van der Waals surface area contributed by atoms with Crippen LogP contribution in [0.15, 0.2) is 23.1 Å². The smallest absolute Gasteiger partial charge is 0.243 e. The molecule has 0 aromatic heterocycles. The van der Waals surface area contributed by atoms with Gasteiger partial charge in [0.15, 0.2) is 0 Å². The van der Waals surface area contributed by atoms with E-state index in [-0.39, 0.29) is 6.54 Å². The molecule has 2 N–H and O–H groups in total. The molecule has 0 aliphatic heterocycles. The summed E-state index contributed by atoms with van der Waals surface area (Å²) in [5, 5.41) is 0. The first-order valence-corrected chi connectivity index (χ1v) is 7.91. The lowest BCUT2D eigenvalue weighted by Crippen LogP contribution is -2.51. The van der Waals surface area contributed by atoms with Crippen LogP contribution in [0.5, 0.6) is 0 Å². The zero-order valence-electron chi connectivity index (χ0n) is 12.4. The highest BCUT2D eigenvalue weighted by Gasteiger charge is 2.35. The molecule has 0 aliphatic carbocycles. The summed E-state index contributed by atoms with van der Waals surface area (Å²) < 4.78 is 26.9. The van der Waals surface area contributed by atoms with Gasteiger partial charge in [0.05, 0.1) is 4.90 Å². The number of benzene rings is 1. The minimum atomic E-state index is -3.51. The summed E-state index contributed by atoms with van der Waals surface area (Å²) in [6.07, 6.45) is 0. The Kier molecular flexibility index (Phi) is 4.76. The molecule has 0 fully saturated rings. The Morgan fingerprint density at radius 2 is 1.79 bits per heavy atom. The minimum Gasteiger partial charge on any atom is -0.329 e. The zero-order valence-corrected chi connectivity index (χ0v) is 13.2. The second kappa shape index (κ2) is 5.61. The number of hydrogen-bond donors (Lipinski definition) is 1. The number of nitrogens with two attached hydrogens (primary N) is 1. The number of hydrogen-bond acceptors (Lipinski definition) is 3. The summed E-state index contributed by atoms with van der Waals surface area (Å²) in [7, 11) is -3.51. The average Bonchev–Trinajstić information content (AvgIpc) is 2.32. The molecule has 0 amide bonds. The van der Waals surface area contributed by atoms with Crippen molar-refractivity contribution < 1.29 is 8.42 Å². The van der Waals surface area contributed by atoms with Crippen molar-refractivity contribution in [3.8, 4) is 0 Å². The van der Waals surface area contributed by atoms with Crippen molar-refractivity contribution in [2.75, 3.05) is 13.1 Å². The van der Waals surface area contributed by atoms with Crippen molar-refractivity contribution in [3.05, 3.63) is 29.3 Å². The first-order chi connectivity index (χ1) is 8.66. The molecular weight excluding hydrogens is 260 g/mol. The third-order valence-corrected chi connectivity index (χ3v) is 5.71. The summed E-state index contributed by atoms with van der Waals surface area (Å²) in [5.41, 5.74) is 7.17. The largest absolute Gasteiger partial charge is 0.329 e. The zero-order chi connectivity index (χ0) is 14.8. The molecule has 0 aliphatic rings. The van der Waals surface area contributed by atoms with E-state index < -0.39 is 15.6 Å². The molecule has 0 unspecified atom stereocenters. The summed E-state index contributed by atoms with van der Waals surface area (Å²) >= 11 is 0. The highest BCUT2D eigenvalue weighted by Crippen LogP contribution is 2.25. The maximum atomic E-state index is 12.7. The van der Waals surface area contributed by atoms with Gasteiger partial charge in [0.2, 0.25) is 10.0 Å². The number of likely N-dealkylation sites (N-methyl/N-ethyl adjacent to an activating group) is 1. The number of rotatable bonds is 5. The van der Waals surface area contributed by atoms with Crippen LogP contribution in [0.4, 0.5) is 0 Å². The van der Waals surface area contributed by atoms with Crippen LogP contribution in [0.2, 0.25) is 0 Å². The van der Waals surface area contributed by atoms with E-state index in [0.717, 1.165) is 11.1 Å². The Bertz CT molecular complexity index is 551. The minimum absolute atomic E-state index is 0.283. The number of aryl methyl sites for hydroxylation is 2. The lowest BCUT2D eigenvalue weighted by Gasteiger charge is -2.35. The fourth-order valence-electron chi connectivity index (χ4n) is 2.03. The molecule has 1 rings (SSSR count). The van der Waals surface area contributed by atoms with Crippen molar-refractivity contribution in [2.24, 2.45) is 5.73 Å². The van der Waals surface area contributed by atoms with Gasteiger partial charge < -0.3 is 5.73 Å². The van der Waals surface area contributed by atoms with Gasteiger partial charge in [-0.15, -0.1) is 0 Å². The monoisotopic (exact) mass is 284 g/mol. The van der Waals surface area contributed by atoms with E-state index in [0.29, 0.717) is 11.4 Å². The average molecular weight is 284 g/mol. The van der Waals surface area contributed by atoms with E-state index in [9.17, 15) is 8.42 Å². The lowest BCUT2D eigenvalue weighted by molar-refractivity contribution is 0.244. The van der Waals surface area contributed by atoms with Gasteiger partial charge in [-0.3, -0.25) is 0 Å². The Morgan fingerprint density at radius 3 is 2.21 bits per heavy atom. The van der Waals surface area contributed by atoms with Gasteiger partial charge in [-0.1, -0.05) is 13.0 Å². The third-order valence-electron chi connectivity index (χ3n) is 3.53. The summed E-state index contributed by atoms with van der Waals surface area (Å²) in [5.74, 6) is 0. The fourth-order valence-corrected chi connectivity index (χ4v) is 3.91. The van der Waals surface area contributed by atoms with Gasteiger partial charge in [-0.25, -0.2) is 8.42 Å². The van der Waals surface area contributed by atoms with Crippen molar-refractivity contribution in [1.29, 1.82) is 0 Å². The van der Waals surface area contributed by atoms with Crippen molar-refractivity contribution in [3.63, 3.8) is 0 Å². The Hall–Kier alpha value is -0.910. The predicted octanol–water partition coefficient (Wildman–Crippen LogP) is 2.05. The Balaban J connectivity index is 3.32. The fraction of sp³-hybridized carbons (Fsp3) is 0.571. The van der Waals surface area contributed by atoms with Crippen LogP contribution >= 0.6 is 0 Å². The first-order valence-electron chi connectivity index (χ1n) is 6.47. The summed E-state index contributed by atoms with van der Waals surface area (Å²) in [4.78, 5) is 0.332. The van der Waals surface area contributed by atoms with Gasteiger partial charge in [-0.05, 0) is 51.0 Å². The van der Waals surface area contributed by atoms with Crippen molar-refractivity contribution >= 4 is 10.0 Å². The highest BCUT2D eigenvalue weighted by molar-refractivity contribution is 7.89. The molecule has 19 heavy (non-hydrogen) atoms. The van der Waals surface area contributed by atoms with Crippen molar-refractivity contribution in [1.82, 2.24) is 4.31 Å². The maximum absolute atomic E-state index is 12.7. The molecule has 4 nitrogen and oxygen atoms in total. The molecule has 5 heteroatoms. The molecular formula is C14H24N2O2S. The Labute approximate surface area is 116 Å². The van der Waals surface area contributed by atoms with Crippen molar-refractivity contribution in [2.45, 2.75) is 45.1 Å². The molecule has 0 radical (unpaired) electrons. The molecule has 0 bridgehead atoms. The number of nitrogens with zero attached hydrogens (tertiary/aromatic N) is 1. The van der Waals surface area contributed by atoms with Gasteiger partial charge in [0.25, 0.3) is 0 Å². The predicted molar refractivity (Wildman–Crippen MR) is 78.6 cm³/mol. The standard InChI is InChI=1S/C14H24N2O2S/c1-6-16(14(4,5)10-15)19(17,18)13-8-7-11(2)12(3)9-13/h7-9H,6,10,15H2,1-5H3. The quantitative estimate of drug-likeness (QED) is 0.900.